The van der Waals surface area contributed by atoms with E-state index >= 15 is 0 Å². The van der Waals surface area contributed by atoms with Crippen LogP contribution in [-0.2, 0) is 25.7 Å². The smallest absolute Gasteiger partial charge is 0.408 e. The summed E-state index contributed by atoms with van der Waals surface area (Å²) in [5.74, 6) is -1.63. The highest BCUT2D eigenvalue weighted by atomic mass is 16.6. The van der Waals surface area contributed by atoms with Crippen molar-refractivity contribution in [2.45, 2.75) is 129 Å². The molecule has 2 N–H and O–H groups in total. The molecule has 0 radical (unpaired) electrons. The summed E-state index contributed by atoms with van der Waals surface area (Å²) in [6.45, 7) is 4.38. The predicted octanol–water partition coefficient (Wildman–Crippen LogP) is 7.17. The molecule has 7 heteroatoms. The normalized spacial score (nSPS) is 12.5. The Kier molecular flexibility index (Phi) is 18.0. The maximum absolute atomic E-state index is 12.9. The van der Waals surface area contributed by atoms with Gasteiger partial charge in [-0.05, 0) is 31.2 Å². The lowest BCUT2D eigenvalue weighted by Crippen LogP contribution is -2.43. The van der Waals surface area contributed by atoms with Crippen molar-refractivity contribution in [3.63, 3.8) is 0 Å². The summed E-state index contributed by atoms with van der Waals surface area (Å²) in [6.07, 6.45) is 13.2. The van der Waals surface area contributed by atoms with E-state index in [2.05, 4.69) is 19.2 Å². The number of benzene rings is 1. The third-order valence-corrected chi connectivity index (χ3v) is 6.23. The topological polar surface area (TPSA) is 102 Å². The molecule has 2 unspecified atom stereocenters. The Morgan fingerprint density at radius 1 is 0.806 bits per heavy atom. The van der Waals surface area contributed by atoms with E-state index < -0.39 is 24.1 Å². The average molecular weight is 506 g/mol. The number of carbonyl (C=O) groups is 3. The van der Waals surface area contributed by atoms with Gasteiger partial charge >= 0.3 is 18.0 Å². The Morgan fingerprint density at radius 2 is 1.39 bits per heavy atom. The van der Waals surface area contributed by atoms with Crippen LogP contribution in [0.4, 0.5) is 4.79 Å². The number of nitrogens with one attached hydrogen (secondary N) is 1. The van der Waals surface area contributed by atoms with E-state index in [-0.39, 0.29) is 25.6 Å². The summed E-state index contributed by atoms with van der Waals surface area (Å²) in [7, 11) is 0. The van der Waals surface area contributed by atoms with Gasteiger partial charge in [0.05, 0.1) is 0 Å². The number of carboxylic acid groups (broad SMARTS) is 1. The molecule has 1 aromatic rings. The number of amides is 1. The minimum Gasteiger partial charge on any atom is -0.481 e. The Morgan fingerprint density at radius 3 is 2.00 bits per heavy atom. The summed E-state index contributed by atoms with van der Waals surface area (Å²) in [5, 5.41) is 11.6. The van der Waals surface area contributed by atoms with Crippen molar-refractivity contribution in [3.05, 3.63) is 35.9 Å². The van der Waals surface area contributed by atoms with Crippen LogP contribution in [0.15, 0.2) is 30.3 Å². The number of carboxylic acids is 1. The molecular formula is C29H47NO6. The summed E-state index contributed by atoms with van der Waals surface area (Å²) >= 11 is 0. The molecular weight excluding hydrogens is 458 g/mol. The molecule has 0 aliphatic heterocycles. The molecule has 0 bridgehead atoms. The van der Waals surface area contributed by atoms with Crippen LogP contribution >= 0.6 is 0 Å². The summed E-state index contributed by atoms with van der Waals surface area (Å²) in [5.41, 5.74) is 0.818. The average Bonchev–Trinajstić information content (AvgIpc) is 2.87. The number of hydrogen-bond acceptors (Lipinski definition) is 5. The molecule has 0 fully saturated rings. The number of carbonyl (C=O) groups excluding carboxylic acids is 2. The van der Waals surface area contributed by atoms with Crippen LogP contribution in [0.25, 0.3) is 0 Å². The van der Waals surface area contributed by atoms with Gasteiger partial charge in [0.25, 0.3) is 0 Å². The SMILES string of the molecule is CCCCCCCCCCCC(CCCC)OC(=O)C(CCC(=O)O)NC(=O)OCc1ccccc1. The zero-order chi connectivity index (χ0) is 26.4. The molecule has 7 nitrogen and oxygen atoms in total. The summed E-state index contributed by atoms with van der Waals surface area (Å²) in [4.78, 5) is 36.3. The molecule has 1 rings (SSSR count). The number of aliphatic carboxylic acids is 1. The lowest BCUT2D eigenvalue weighted by atomic mass is 10.0. The minimum atomic E-state index is -1.06. The molecule has 1 aromatic carbocycles. The van der Waals surface area contributed by atoms with Gasteiger partial charge in [0.2, 0.25) is 0 Å². The van der Waals surface area contributed by atoms with Crippen LogP contribution < -0.4 is 5.32 Å². The molecule has 0 heterocycles. The molecule has 2 atom stereocenters. The fraction of sp³-hybridized carbons (Fsp3) is 0.690. The van der Waals surface area contributed by atoms with Crippen LogP contribution in [0.5, 0.6) is 0 Å². The van der Waals surface area contributed by atoms with E-state index in [4.69, 9.17) is 14.6 Å². The first-order chi connectivity index (χ1) is 17.5. The maximum Gasteiger partial charge on any atom is 0.408 e. The van der Waals surface area contributed by atoms with Crippen molar-refractivity contribution in [1.29, 1.82) is 0 Å². The first kappa shape index (κ1) is 31.5. The number of rotatable bonds is 21. The summed E-state index contributed by atoms with van der Waals surface area (Å²) in [6, 6.07) is 8.14. The number of ether oxygens (including phenoxy) is 2. The van der Waals surface area contributed by atoms with Crippen molar-refractivity contribution in [1.82, 2.24) is 5.32 Å². The van der Waals surface area contributed by atoms with Gasteiger partial charge in [-0.15, -0.1) is 0 Å². The molecule has 1 amide bonds. The third-order valence-electron chi connectivity index (χ3n) is 6.23. The molecule has 0 aliphatic carbocycles. The van der Waals surface area contributed by atoms with E-state index in [0.29, 0.717) is 0 Å². The van der Waals surface area contributed by atoms with E-state index in [9.17, 15) is 14.4 Å². The quantitative estimate of drug-likeness (QED) is 0.136. The van der Waals surface area contributed by atoms with Crippen molar-refractivity contribution in [2.75, 3.05) is 0 Å². The van der Waals surface area contributed by atoms with Crippen LogP contribution in [0, 0.1) is 0 Å². The Labute approximate surface area is 217 Å². The fourth-order valence-electron chi connectivity index (χ4n) is 4.05. The summed E-state index contributed by atoms with van der Waals surface area (Å²) < 4.78 is 11.0. The molecule has 0 saturated carbocycles. The van der Waals surface area contributed by atoms with Crippen molar-refractivity contribution < 1.29 is 29.0 Å². The first-order valence-electron chi connectivity index (χ1n) is 13.9. The second-order valence-corrected chi connectivity index (χ2v) is 9.51. The fourth-order valence-corrected chi connectivity index (χ4v) is 4.05. The maximum atomic E-state index is 12.9. The highest BCUT2D eigenvalue weighted by Crippen LogP contribution is 2.17. The molecule has 0 aliphatic rings. The van der Waals surface area contributed by atoms with Crippen LogP contribution in [0.3, 0.4) is 0 Å². The Bertz CT molecular complexity index is 724. The predicted molar refractivity (Wildman–Crippen MR) is 142 cm³/mol. The molecule has 204 valence electrons. The van der Waals surface area contributed by atoms with Gasteiger partial charge in [0.1, 0.15) is 18.8 Å². The second kappa shape index (κ2) is 20.6. The monoisotopic (exact) mass is 505 g/mol. The first-order valence-corrected chi connectivity index (χ1v) is 13.9. The number of unbranched alkanes of at least 4 members (excludes halogenated alkanes) is 9. The lowest BCUT2D eigenvalue weighted by Gasteiger charge is -2.22. The van der Waals surface area contributed by atoms with E-state index in [0.717, 1.165) is 44.1 Å². The number of hydrogen-bond donors (Lipinski definition) is 2. The Balaban J connectivity index is 2.53. The molecule has 0 aromatic heterocycles. The highest BCUT2D eigenvalue weighted by Gasteiger charge is 2.26. The van der Waals surface area contributed by atoms with Crippen LogP contribution in [-0.4, -0.2) is 35.3 Å². The van der Waals surface area contributed by atoms with Gasteiger partial charge in [-0.3, -0.25) is 4.79 Å². The van der Waals surface area contributed by atoms with Crippen LogP contribution in [0.1, 0.15) is 116 Å². The van der Waals surface area contributed by atoms with Gasteiger partial charge in [-0.1, -0.05) is 108 Å². The van der Waals surface area contributed by atoms with Crippen molar-refractivity contribution in [2.24, 2.45) is 0 Å². The highest BCUT2D eigenvalue weighted by molar-refractivity contribution is 5.82. The zero-order valence-corrected chi connectivity index (χ0v) is 22.3. The zero-order valence-electron chi connectivity index (χ0n) is 22.3. The third kappa shape index (κ3) is 16.2. The van der Waals surface area contributed by atoms with E-state index in [1.807, 2.05) is 30.3 Å². The number of esters is 1. The van der Waals surface area contributed by atoms with Crippen molar-refractivity contribution >= 4 is 18.0 Å². The minimum absolute atomic E-state index is 0.0485. The molecule has 0 spiro atoms. The second-order valence-electron chi connectivity index (χ2n) is 9.51. The van der Waals surface area contributed by atoms with E-state index in [1.54, 1.807) is 0 Å². The standard InChI is InChI=1S/C29H47NO6/c1-3-5-7-8-9-10-11-12-16-20-25(19-6-4-2)36-28(33)26(21-22-27(31)32)30-29(34)35-23-24-17-14-13-15-18-24/h13-15,17-18,25-26H,3-12,16,19-23H2,1-2H3,(H,30,34)(H,31,32). The van der Waals surface area contributed by atoms with Gasteiger partial charge in [-0.2, -0.15) is 0 Å². The van der Waals surface area contributed by atoms with E-state index in [1.165, 1.54) is 44.9 Å². The molecule has 0 saturated heterocycles. The van der Waals surface area contributed by atoms with Gasteiger partial charge in [-0.25, -0.2) is 9.59 Å². The van der Waals surface area contributed by atoms with Crippen molar-refractivity contribution in [3.8, 4) is 0 Å². The van der Waals surface area contributed by atoms with Gasteiger partial charge in [0, 0.05) is 6.42 Å². The number of alkyl carbamates (subject to hydrolysis) is 1. The van der Waals surface area contributed by atoms with Gasteiger partial charge < -0.3 is 19.9 Å². The largest absolute Gasteiger partial charge is 0.481 e. The van der Waals surface area contributed by atoms with Crippen LogP contribution in [0.2, 0.25) is 0 Å². The lowest BCUT2D eigenvalue weighted by molar-refractivity contribution is -0.152. The molecule has 36 heavy (non-hydrogen) atoms. The van der Waals surface area contributed by atoms with Gasteiger partial charge in [0.15, 0.2) is 0 Å². The Hall–Kier alpha value is -2.57.